The van der Waals surface area contributed by atoms with Crippen LogP contribution in [0.5, 0.6) is 0 Å². The van der Waals surface area contributed by atoms with Crippen LogP contribution in [0.3, 0.4) is 0 Å². The van der Waals surface area contributed by atoms with Gasteiger partial charge in [0, 0.05) is 45.8 Å². The van der Waals surface area contributed by atoms with E-state index in [9.17, 15) is 9.59 Å². The fourth-order valence-electron chi connectivity index (χ4n) is 7.60. The summed E-state index contributed by atoms with van der Waals surface area (Å²) in [7, 11) is 2.19. The third-order valence-electron chi connectivity index (χ3n) is 9.13. The molecule has 5 fully saturated rings. The zero-order chi connectivity index (χ0) is 21.7. The van der Waals surface area contributed by atoms with E-state index < -0.39 is 0 Å². The maximum absolute atomic E-state index is 13.4. The first-order chi connectivity index (χ1) is 14.9. The number of ether oxygens (including phenoxy) is 1. The number of carbonyl (C=O) groups is 2. The number of rotatable bonds is 2. The number of nitrogens with one attached hydrogen (secondary N) is 1. The number of carbonyl (C=O) groups excluding carboxylic acids is 2. The predicted molar refractivity (Wildman–Crippen MR) is 118 cm³/mol. The summed E-state index contributed by atoms with van der Waals surface area (Å²) in [4.78, 5) is 30.2. The molecule has 174 valence electrons. The molecule has 2 amide bonds. The van der Waals surface area contributed by atoms with Crippen LogP contribution in [0.2, 0.25) is 0 Å². The van der Waals surface area contributed by atoms with Gasteiger partial charge in [0.15, 0.2) is 0 Å². The van der Waals surface area contributed by atoms with Crippen molar-refractivity contribution in [3.05, 3.63) is 0 Å². The summed E-state index contributed by atoms with van der Waals surface area (Å²) in [5.41, 5.74) is 3.53. The van der Waals surface area contributed by atoms with Gasteiger partial charge in [0.1, 0.15) is 6.10 Å². The molecule has 7 nitrogen and oxygen atoms in total. The fourth-order valence-corrected chi connectivity index (χ4v) is 7.60. The van der Waals surface area contributed by atoms with Crippen LogP contribution in [0, 0.1) is 17.8 Å². The van der Waals surface area contributed by atoms with Gasteiger partial charge in [-0.1, -0.05) is 0 Å². The lowest BCUT2D eigenvalue weighted by atomic mass is 9.67. The SMILES string of the molecule is CC(=O)N1C(C)CN(C(=O)C2CCCO2)C2CC(C3CCC4CNN(C)C4C3)CCC21. The summed E-state index contributed by atoms with van der Waals surface area (Å²) in [5.74, 6) is 2.50. The molecule has 7 heteroatoms. The number of piperazine rings is 1. The third kappa shape index (κ3) is 3.91. The molecule has 3 saturated heterocycles. The lowest BCUT2D eigenvalue weighted by Crippen LogP contribution is -2.68. The van der Waals surface area contributed by atoms with Crippen molar-refractivity contribution in [3.63, 3.8) is 0 Å². The standard InChI is InChI=1S/C24H40N4O3/c1-15-14-27(24(30)23-5-4-10-31-23)22-12-18(8-9-20(22)28(15)16(2)29)17-6-7-19-13-25-26(3)21(19)11-17/h15,17-23,25H,4-14H2,1-3H3. The van der Waals surface area contributed by atoms with Crippen molar-refractivity contribution in [3.8, 4) is 0 Å². The molecule has 31 heavy (non-hydrogen) atoms. The van der Waals surface area contributed by atoms with Crippen LogP contribution in [-0.2, 0) is 14.3 Å². The molecule has 3 heterocycles. The van der Waals surface area contributed by atoms with Crippen molar-refractivity contribution in [1.82, 2.24) is 20.2 Å². The number of hydrazine groups is 1. The van der Waals surface area contributed by atoms with E-state index in [0.717, 1.165) is 44.1 Å². The maximum atomic E-state index is 13.4. The molecule has 2 aliphatic carbocycles. The van der Waals surface area contributed by atoms with E-state index in [4.69, 9.17) is 4.74 Å². The van der Waals surface area contributed by atoms with Crippen LogP contribution in [-0.4, -0.2) is 83.6 Å². The zero-order valence-corrected chi connectivity index (χ0v) is 19.5. The van der Waals surface area contributed by atoms with Crippen molar-refractivity contribution < 1.29 is 14.3 Å². The molecule has 3 aliphatic heterocycles. The molecule has 0 radical (unpaired) electrons. The Morgan fingerprint density at radius 2 is 1.65 bits per heavy atom. The van der Waals surface area contributed by atoms with E-state index in [1.165, 1.54) is 25.7 Å². The Kier molecular flexibility index (Phi) is 6.03. The Hall–Kier alpha value is -1.18. The topological polar surface area (TPSA) is 65.1 Å². The minimum Gasteiger partial charge on any atom is -0.368 e. The van der Waals surface area contributed by atoms with Crippen molar-refractivity contribution in [2.45, 2.75) is 95.5 Å². The summed E-state index contributed by atoms with van der Waals surface area (Å²) in [6, 6.07) is 1.04. The Bertz CT molecular complexity index is 696. The van der Waals surface area contributed by atoms with Crippen LogP contribution in [0.4, 0.5) is 0 Å². The molecule has 8 atom stereocenters. The number of amides is 2. The van der Waals surface area contributed by atoms with Gasteiger partial charge in [-0.15, -0.1) is 0 Å². The minimum absolute atomic E-state index is 0.0781. The maximum Gasteiger partial charge on any atom is 0.252 e. The van der Waals surface area contributed by atoms with Gasteiger partial charge in [-0.2, -0.15) is 0 Å². The van der Waals surface area contributed by atoms with Crippen LogP contribution < -0.4 is 5.43 Å². The summed E-state index contributed by atoms with van der Waals surface area (Å²) >= 11 is 0. The second kappa shape index (κ2) is 8.64. The zero-order valence-electron chi connectivity index (χ0n) is 19.5. The molecular formula is C24H40N4O3. The fraction of sp³-hybridized carbons (Fsp3) is 0.917. The van der Waals surface area contributed by atoms with E-state index >= 15 is 0 Å². The molecule has 8 unspecified atom stereocenters. The van der Waals surface area contributed by atoms with E-state index in [0.29, 0.717) is 25.1 Å². The third-order valence-corrected chi connectivity index (χ3v) is 9.13. The Morgan fingerprint density at radius 3 is 2.35 bits per heavy atom. The smallest absolute Gasteiger partial charge is 0.252 e. The molecule has 5 rings (SSSR count). The van der Waals surface area contributed by atoms with E-state index in [-0.39, 0.29) is 36.0 Å². The van der Waals surface area contributed by atoms with Gasteiger partial charge in [-0.3, -0.25) is 15.0 Å². The first-order valence-corrected chi connectivity index (χ1v) is 12.6. The second-order valence-electron chi connectivity index (χ2n) is 10.8. The van der Waals surface area contributed by atoms with Gasteiger partial charge in [0.2, 0.25) is 5.91 Å². The van der Waals surface area contributed by atoms with Crippen molar-refractivity contribution in [2.75, 3.05) is 26.7 Å². The number of hydrogen-bond acceptors (Lipinski definition) is 5. The quantitative estimate of drug-likeness (QED) is 0.723. The van der Waals surface area contributed by atoms with Crippen LogP contribution in [0.15, 0.2) is 0 Å². The summed E-state index contributed by atoms with van der Waals surface area (Å²) in [6.07, 6.45) is 8.67. The first kappa shape index (κ1) is 21.7. The van der Waals surface area contributed by atoms with Crippen LogP contribution >= 0.6 is 0 Å². The number of hydrogen-bond donors (Lipinski definition) is 1. The number of nitrogens with zero attached hydrogens (tertiary/aromatic N) is 3. The lowest BCUT2D eigenvalue weighted by molar-refractivity contribution is -0.160. The van der Waals surface area contributed by atoms with Gasteiger partial charge >= 0.3 is 0 Å². The van der Waals surface area contributed by atoms with Crippen molar-refractivity contribution in [2.24, 2.45) is 17.8 Å². The van der Waals surface area contributed by atoms with E-state index in [2.05, 4.69) is 34.2 Å². The predicted octanol–water partition coefficient (Wildman–Crippen LogP) is 2.02. The highest BCUT2D eigenvalue weighted by Gasteiger charge is 2.49. The molecule has 0 spiro atoms. The highest BCUT2D eigenvalue weighted by molar-refractivity contribution is 5.82. The van der Waals surface area contributed by atoms with Gasteiger partial charge in [-0.25, -0.2) is 5.01 Å². The first-order valence-electron chi connectivity index (χ1n) is 12.6. The molecule has 0 aromatic carbocycles. The molecule has 0 aromatic heterocycles. The van der Waals surface area contributed by atoms with Crippen molar-refractivity contribution >= 4 is 11.8 Å². The Labute approximate surface area is 186 Å². The van der Waals surface area contributed by atoms with Gasteiger partial charge in [-0.05, 0) is 76.0 Å². The Morgan fingerprint density at radius 1 is 0.935 bits per heavy atom. The van der Waals surface area contributed by atoms with E-state index in [1.54, 1.807) is 6.92 Å². The normalized spacial score (nSPS) is 43.6. The second-order valence-corrected chi connectivity index (χ2v) is 10.8. The average molecular weight is 433 g/mol. The summed E-state index contributed by atoms with van der Waals surface area (Å²) in [5, 5.41) is 2.34. The van der Waals surface area contributed by atoms with Gasteiger partial charge < -0.3 is 14.5 Å². The molecule has 1 N–H and O–H groups in total. The Balaban J connectivity index is 1.34. The summed E-state index contributed by atoms with van der Waals surface area (Å²) < 4.78 is 5.78. The average Bonchev–Trinajstić information content (AvgIpc) is 3.42. The highest BCUT2D eigenvalue weighted by atomic mass is 16.5. The summed E-state index contributed by atoms with van der Waals surface area (Å²) in [6.45, 7) is 6.26. The van der Waals surface area contributed by atoms with Gasteiger partial charge in [0.05, 0.1) is 12.1 Å². The molecule has 5 aliphatic rings. The molecule has 0 bridgehead atoms. The van der Waals surface area contributed by atoms with Crippen LogP contribution in [0.25, 0.3) is 0 Å². The molecular weight excluding hydrogens is 392 g/mol. The highest BCUT2D eigenvalue weighted by Crippen LogP contribution is 2.45. The van der Waals surface area contributed by atoms with Gasteiger partial charge in [0.25, 0.3) is 5.91 Å². The molecule has 0 aromatic rings. The minimum atomic E-state index is -0.272. The lowest BCUT2D eigenvalue weighted by Gasteiger charge is -2.55. The van der Waals surface area contributed by atoms with E-state index in [1.807, 2.05) is 0 Å². The number of fused-ring (bicyclic) bond motifs is 2. The monoisotopic (exact) mass is 432 g/mol. The van der Waals surface area contributed by atoms with Crippen LogP contribution in [0.1, 0.15) is 65.2 Å². The largest absolute Gasteiger partial charge is 0.368 e. The van der Waals surface area contributed by atoms with Crippen molar-refractivity contribution in [1.29, 1.82) is 0 Å². The molecule has 2 saturated carbocycles.